The van der Waals surface area contributed by atoms with Crippen LogP contribution in [0.4, 0.5) is 9.59 Å². The second-order valence-electron chi connectivity index (χ2n) is 15.6. The van der Waals surface area contributed by atoms with E-state index in [-0.39, 0.29) is 18.3 Å². The van der Waals surface area contributed by atoms with Gasteiger partial charge in [0.15, 0.2) is 0 Å². The standard InChI is InChI=1S/C17H32N2O3.C13H26N2O2.C5H10O/c1-14-12-15(13-14)21-11-5-6-18-7-9-19(10-8-18)16(20)22-17(2,3)4;1-5-6-7-14-8-10-15(11-9-14)12(16)17-13(2,3)4;1-4-2-5(6)3-4/h14-15H,5-13H2,1-4H3;5-11H2,1-4H3;4-6H,2-3H2,1H3. The summed E-state index contributed by atoms with van der Waals surface area (Å²) in [4.78, 5) is 32.3. The van der Waals surface area contributed by atoms with E-state index in [0.717, 1.165) is 103 Å². The Labute approximate surface area is 275 Å². The maximum Gasteiger partial charge on any atom is 0.410 e. The number of unbranched alkanes of at least 4 members (excludes halogenated alkanes) is 1. The summed E-state index contributed by atoms with van der Waals surface area (Å²) in [7, 11) is 0. The molecule has 2 saturated carbocycles. The van der Waals surface area contributed by atoms with Crippen LogP contribution in [0.25, 0.3) is 0 Å². The zero-order valence-corrected chi connectivity index (χ0v) is 30.3. The maximum absolute atomic E-state index is 12.0. The summed E-state index contributed by atoms with van der Waals surface area (Å²) in [5.74, 6) is 1.64. The van der Waals surface area contributed by atoms with Crippen LogP contribution in [-0.4, -0.2) is 132 Å². The summed E-state index contributed by atoms with van der Waals surface area (Å²) in [6.45, 7) is 28.1. The fraction of sp³-hybridized carbons (Fsp3) is 0.943. The fourth-order valence-corrected chi connectivity index (χ4v) is 5.71. The highest BCUT2D eigenvalue weighted by Gasteiger charge is 2.28. The molecule has 0 unspecified atom stereocenters. The highest BCUT2D eigenvalue weighted by Crippen LogP contribution is 2.29. The lowest BCUT2D eigenvalue weighted by Crippen LogP contribution is -2.50. The van der Waals surface area contributed by atoms with E-state index in [1.54, 1.807) is 0 Å². The minimum atomic E-state index is -0.412. The first-order valence-corrected chi connectivity index (χ1v) is 17.7. The molecular formula is C35H68N4O6. The first kappa shape index (κ1) is 39.6. The van der Waals surface area contributed by atoms with Gasteiger partial charge in [-0.05, 0) is 98.4 Å². The Morgan fingerprint density at radius 1 is 0.667 bits per heavy atom. The smallest absolute Gasteiger partial charge is 0.410 e. The number of rotatable bonds is 8. The number of aliphatic hydroxyl groups excluding tert-OH is 1. The molecule has 2 amide bonds. The molecule has 1 N–H and O–H groups in total. The van der Waals surface area contributed by atoms with Crippen LogP contribution in [0.15, 0.2) is 0 Å². The summed E-state index contributed by atoms with van der Waals surface area (Å²) in [5, 5.41) is 8.62. The lowest BCUT2D eigenvalue weighted by molar-refractivity contribution is -0.0295. The molecule has 2 heterocycles. The van der Waals surface area contributed by atoms with Crippen LogP contribution in [-0.2, 0) is 14.2 Å². The number of aliphatic hydroxyl groups is 1. The predicted molar refractivity (Wildman–Crippen MR) is 181 cm³/mol. The number of piperazine rings is 2. The van der Waals surface area contributed by atoms with Gasteiger partial charge < -0.3 is 29.1 Å². The lowest BCUT2D eigenvalue weighted by Gasteiger charge is -2.36. The van der Waals surface area contributed by atoms with Gasteiger partial charge in [0.25, 0.3) is 0 Å². The lowest BCUT2D eigenvalue weighted by atomic mass is 9.84. The van der Waals surface area contributed by atoms with E-state index in [4.69, 9.17) is 19.3 Å². The number of nitrogens with zero attached hydrogens (tertiary/aromatic N) is 4. The molecular weight excluding hydrogens is 572 g/mol. The van der Waals surface area contributed by atoms with Crippen molar-refractivity contribution >= 4 is 12.2 Å². The normalized spacial score (nSPS) is 25.9. The Hall–Kier alpha value is -1.62. The minimum Gasteiger partial charge on any atom is -0.444 e. The van der Waals surface area contributed by atoms with Crippen LogP contribution in [0, 0.1) is 11.8 Å². The quantitative estimate of drug-likeness (QED) is 0.330. The zero-order valence-electron chi connectivity index (χ0n) is 30.3. The van der Waals surface area contributed by atoms with Gasteiger partial charge in [-0.15, -0.1) is 0 Å². The van der Waals surface area contributed by atoms with Crippen molar-refractivity contribution in [1.82, 2.24) is 19.6 Å². The third-order valence-electron chi connectivity index (χ3n) is 8.53. The van der Waals surface area contributed by atoms with Crippen molar-refractivity contribution in [2.24, 2.45) is 11.8 Å². The van der Waals surface area contributed by atoms with Gasteiger partial charge in [0.2, 0.25) is 0 Å². The van der Waals surface area contributed by atoms with Crippen molar-refractivity contribution in [3.05, 3.63) is 0 Å². The Kier molecular flexibility index (Phi) is 16.9. The van der Waals surface area contributed by atoms with Gasteiger partial charge in [-0.3, -0.25) is 9.80 Å². The third-order valence-corrected chi connectivity index (χ3v) is 8.53. The predicted octanol–water partition coefficient (Wildman–Crippen LogP) is 5.86. The number of hydrogen-bond donors (Lipinski definition) is 1. The number of ether oxygens (including phenoxy) is 3. The highest BCUT2D eigenvalue weighted by atomic mass is 16.6. The van der Waals surface area contributed by atoms with E-state index in [9.17, 15) is 9.59 Å². The topological polar surface area (TPSA) is 95.0 Å². The minimum absolute atomic E-state index is 0.0417. The molecule has 0 aromatic rings. The van der Waals surface area contributed by atoms with Gasteiger partial charge in [0.05, 0.1) is 12.2 Å². The zero-order chi connectivity index (χ0) is 33.6. The average molecular weight is 641 g/mol. The van der Waals surface area contributed by atoms with Crippen LogP contribution < -0.4 is 0 Å². The molecule has 4 fully saturated rings. The van der Waals surface area contributed by atoms with Crippen LogP contribution in [0.3, 0.4) is 0 Å². The number of hydrogen-bond acceptors (Lipinski definition) is 8. The first-order chi connectivity index (χ1) is 21.0. The molecule has 4 aliphatic rings. The molecule has 10 heteroatoms. The summed E-state index contributed by atoms with van der Waals surface area (Å²) >= 11 is 0. The molecule has 264 valence electrons. The van der Waals surface area contributed by atoms with Crippen molar-refractivity contribution in [3.63, 3.8) is 0 Å². The van der Waals surface area contributed by atoms with Crippen molar-refractivity contribution in [1.29, 1.82) is 0 Å². The van der Waals surface area contributed by atoms with Crippen molar-refractivity contribution in [3.8, 4) is 0 Å². The number of carbonyl (C=O) groups excluding carboxylic acids is 2. The molecule has 4 rings (SSSR count). The molecule has 2 aliphatic heterocycles. The number of amides is 2. The molecule has 10 nitrogen and oxygen atoms in total. The SMILES string of the molecule is CC1CC(O)C1.CC1CC(OCCCN2CCN(C(=O)OC(C)(C)C)CC2)C1.CCCCN1CCN(C(=O)OC(C)(C)C)CC1. The van der Waals surface area contributed by atoms with Gasteiger partial charge in [0, 0.05) is 65.5 Å². The van der Waals surface area contributed by atoms with E-state index in [2.05, 4.69) is 30.6 Å². The van der Waals surface area contributed by atoms with Crippen LogP contribution in [0.2, 0.25) is 0 Å². The van der Waals surface area contributed by atoms with E-state index in [1.807, 2.05) is 51.3 Å². The van der Waals surface area contributed by atoms with Crippen molar-refractivity contribution in [2.75, 3.05) is 72.1 Å². The molecule has 2 aliphatic carbocycles. The Morgan fingerprint density at radius 3 is 1.38 bits per heavy atom. The van der Waals surface area contributed by atoms with Gasteiger partial charge in [0.1, 0.15) is 11.2 Å². The summed E-state index contributed by atoms with van der Waals surface area (Å²) in [5.41, 5.74) is -0.805. The van der Waals surface area contributed by atoms with E-state index in [0.29, 0.717) is 6.10 Å². The Bertz CT molecular complexity index is 826. The van der Waals surface area contributed by atoms with E-state index in [1.165, 1.54) is 25.7 Å². The van der Waals surface area contributed by atoms with E-state index < -0.39 is 11.2 Å². The monoisotopic (exact) mass is 641 g/mol. The van der Waals surface area contributed by atoms with Crippen LogP contribution >= 0.6 is 0 Å². The Morgan fingerprint density at radius 2 is 1.07 bits per heavy atom. The van der Waals surface area contributed by atoms with Crippen LogP contribution in [0.1, 0.15) is 107 Å². The molecule has 0 atom stereocenters. The first-order valence-electron chi connectivity index (χ1n) is 17.7. The average Bonchev–Trinajstić information content (AvgIpc) is 2.92. The molecule has 0 spiro atoms. The largest absolute Gasteiger partial charge is 0.444 e. The van der Waals surface area contributed by atoms with Crippen molar-refractivity contribution < 1.29 is 28.9 Å². The molecule has 0 radical (unpaired) electrons. The van der Waals surface area contributed by atoms with Gasteiger partial charge in [-0.2, -0.15) is 0 Å². The summed E-state index contributed by atoms with van der Waals surface area (Å²) < 4.78 is 16.6. The second-order valence-corrected chi connectivity index (χ2v) is 15.6. The van der Waals surface area contributed by atoms with Gasteiger partial charge in [-0.25, -0.2) is 9.59 Å². The maximum atomic E-state index is 12.0. The number of carbonyl (C=O) groups is 2. The fourth-order valence-electron chi connectivity index (χ4n) is 5.71. The summed E-state index contributed by atoms with van der Waals surface area (Å²) in [6.07, 6.45) is 8.26. The Balaban J connectivity index is 0.000000270. The molecule has 0 aromatic heterocycles. The highest BCUT2D eigenvalue weighted by molar-refractivity contribution is 5.68. The van der Waals surface area contributed by atoms with Crippen molar-refractivity contribution in [2.45, 2.75) is 131 Å². The van der Waals surface area contributed by atoms with Crippen LogP contribution in [0.5, 0.6) is 0 Å². The second kappa shape index (κ2) is 19.3. The summed E-state index contributed by atoms with van der Waals surface area (Å²) in [6, 6.07) is 0. The third kappa shape index (κ3) is 17.2. The molecule has 45 heavy (non-hydrogen) atoms. The molecule has 0 aromatic carbocycles. The van der Waals surface area contributed by atoms with Gasteiger partial charge in [-0.1, -0.05) is 27.2 Å². The van der Waals surface area contributed by atoms with E-state index >= 15 is 0 Å². The van der Waals surface area contributed by atoms with Gasteiger partial charge >= 0.3 is 12.2 Å². The molecule has 0 bridgehead atoms. The molecule has 2 saturated heterocycles.